The quantitative estimate of drug-likeness (QED) is 0.487. The Morgan fingerprint density at radius 2 is 2.15 bits per heavy atom. The number of hydrogen-bond donors (Lipinski definition) is 2. The van der Waals surface area contributed by atoms with E-state index < -0.39 is 11.0 Å². The molecule has 1 aliphatic rings. The van der Waals surface area contributed by atoms with E-state index in [-0.39, 0.29) is 17.5 Å². The first-order valence-electron chi connectivity index (χ1n) is 5.96. The summed E-state index contributed by atoms with van der Waals surface area (Å²) in [7, 11) is 0. The molecule has 20 heavy (non-hydrogen) atoms. The molecule has 2 rings (SSSR count). The predicted molar refractivity (Wildman–Crippen MR) is 73.8 cm³/mol. The molecule has 1 fully saturated rings. The van der Waals surface area contributed by atoms with E-state index >= 15 is 0 Å². The van der Waals surface area contributed by atoms with Crippen LogP contribution in [0.5, 0.6) is 0 Å². The summed E-state index contributed by atoms with van der Waals surface area (Å²) in [6, 6.07) is 4.15. The van der Waals surface area contributed by atoms with Gasteiger partial charge >= 0.3 is 0 Å². The molecular weight excluding hydrogens is 330 g/mol. The molecule has 1 aromatic rings. The van der Waals surface area contributed by atoms with Gasteiger partial charge in [0.05, 0.1) is 11.0 Å². The Balaban J connectivity index is 2.02. The minimum absolute atomic E-state index is 0.0144. The van der Waals surface area contributed by atoms with Crippen LogP contribution in [0.2, 0.25) is 0 Å². The van der Waals surface area contributed by atoms with Crippen LogP contribution in [0.15, 0.2) is 22.7 Å². The van der Waals surface area contributed by atoms with E-state index in [1.54, 1.807) is 6.07 Å². The maximum absolute atomic E-state index is 11.6. The Labute approximate surface area is 123 Å². The first kappa shape index (κ1) is 14.6. The molecule has 2 N–H and O–H groups in total. The zero-order chi connectivity index (χ0) is 14.7. The van der Waals surface area contributed by atoms with Crippen molar-refractivity contribution in [1.29, 1.82) is 0 Å². The number of nitro benzene ring substituents is 1. The van der Waals surface area contributed by atoms with Gasteiger partial charge in [-0.25, -0.2) is 0 Å². The maximum atomic E-state index is 11.6. The molecule has 0 radical (unpaired) electrons. The van der Waals surface area contributed by atoms with E-state index in [2.05, 4.69) is 26.6 Å². The lowest BCUT2D eigenvalue weighted by Crippen LogP contribution is -2.50. The van der Waals surface area contributed by atoms with Crippen molar-refractivity contribution < 1.29 is 14.5 Å². The molecule has 1 heterocycles. The topological polar surface area (TPSA) is 101 Å². The van der Waals surface area contributed by atoms with Crippen LogP contribution in [-0.4, -0.2) is 22.8 Å². The summed E-state index contributed by atoms with van der Waals surface area (Å²) in [5.41, 5.74) is 0.676. The molecule has 1 saturated heterocycles. The summed E-state index contributed by atoms with van der Waals surface area (Å²) in [4.78, 5) is 32.9. The Hall–Kier alpha value is -1.80. The summed E-state index contributed by atoms with van der Waals surface area (Å²) in [5.74, 6) is -0.628. The van der Waals surface area contributed by atoms with Crippen LogP contribution in [0.1, 0.15) is 18.4 Å². The van der Waals surface area contributed by atoms with Crippen molar-refractivity contribution in [1.82, 2.24) is 10.6 Å². The number of non-ortho nitro benzene ring substituents is 1. The first-order valence-corrected chi connectivity index (χ1v) is 6.76. The SMILES string of the molecule is O=C1CCC(NCc2cc(Br)cc([N+](=O)[O-])c2)C(=O)N1. The van der Waals surface area contributed by atoms with Crippen LogP contribution in [0.25, 0.3) is 0 Å². The molecular formula is C12H12BrN3O4. The van der Waals surface area contributed by atoms with Crippen molar-refractivity contribution in [3.8, 4) is 0 Å². The Morgan fingerprint density at radius 1 is 1.40 bits per heavy atom. The van der Waals surface area contributed by atoms with Gasteiger partial charge in [-0.2, -0.15) is 0 Å². The Kier molecular flexibility index (Phi) is 4.46. The Bertz CT molecular complexity index is 576. The molecule has 2 amide bonds. The highest BCUT2D eigenvalue weighted by Gasteiger charge is 2.25. The fourth-order valence-electron chi connectivity index (χ4n) is 1.97. The highest BCUT2D eigenvalue weighted by Crippen LogP contribution is 2.21. The van der Waals surface area contributed by atoms with Gasteiger partial charge in [0, 0.05) is 29.6 Å². The van der Waals surface area contributed by atoms with Crippen LogP contribution >= 0.6 is 15.9 Å². The molecule has 8 heteroatoms. The minimum atomic E-state index is -0.472. The van der Waals surface area contributed by atoms with Crippen molar-refractivity contribution in [3.05, 3.63) is 38.3 Å². The Morgan fingerprint density at radius 3 is 2.80 bits per heavy atom. The summed E-state index contributed by atoms with van der Waals surface area (Å²) >= 11 is 3.21. The second-order valence-electron chi connectivity index (χ2n) is 4.46. The van der Waals surface area contributed by atoms with Gasteiger partial charge in [0.25, 0.3) is 5.69 Å². The van der Waals surface area contributed by atoms with Crippen LogP contribution in [0.3, 0.4) is 0 Å². The summed E-state index contributed by atoms with van der Waals surface area (Å²) in [6.07, 6.45) is 0.725. The van der Waals surface area contributed by atoms with Crippen LogP contribution in [0, 0.1) is 10.1 Å². The first-order chi connectivity index (χ1) is 9.45. The monoisotopic (exact) mass is 341 g/mol. The molecule has 1 aliphatic heterocycles. The maximum Gasteiger partial charge on any atom is 0.270 e. The number of carbonyl (C=O) groups is 2. The molecule has 106 valence electrons. The average molecular weight is 342 g/mol. The average Bonchev–Trinajstić information content (AvgIpc) is 2.37. The zero-order valence-electron chi connectivity index (χ0n) is 10.4. The van der Waals surface area contributed by atoms with Gasteiger partial charge in [-0.15, -0.1) is 0 Å². The number of carbonyl (C=O) groups excluding carboxylic acids is 2. The number of rotatable bonds is 4. The second-order valence-corrected chi connectivity index (χ2v) is 5.38. The normalized spacial score (nSPS) is 18.8. The number of halogens is 1. The standard InChI is InChI=1S/C12H12BrN3O4/c13-8-3-7(4-9(5-8)16(19)20)6-14-10-1-2-11(17)15-12(10)18/h3-5,10,14H,1-2,6H2,(H,15,17,18). The lowest BCUT2D eigenvalue weighted by Gasteiger charge is -2.21. The predicted octanol–water partition coefficient (Wildman–Crippen LogP) is 1.25. The van der Waals surface area contributed by atoms with Gasteiger partial charge in [0.15, 0.2) is 0 Å². The van der Waals surface area contributed by atoms with Gasteiger partial charge in [-0.3, -0.25) is 25.0 Å². The van der Waals surface area contributed by atoms with E-state index in [1.807, 2.05) is 0 Å². The number of nitro groups is 1. The van der Waals surface area contributed by atoms with E-state index in [4.69, 9.17) is 0 Å². The third-order valence-electron chi connectivity index (χ3n) is 2.94. The lowest BCUT2D eigenvalue weighted by atomic mass is 10.1. The van der Waals surface area contributed by atoms with E-state index in [0.717, 1.165) is 0 Å². The number of nitrogens with one attached hydrogen (secondary N) is 2. The number of benzene rings is 1. The van der Waals surface area contributed by atoms with Crippen LogP contribution < -0.4 is 10.6 Å². The van der Waals surface area contributed by atoms with Crippen LogP contribution in [0.4, 0.5) is 5.69 Å². The molecule has 0 spiro atoms. The molecule has 0 aromatic heterocycles. The van der Waals surface area contributed by atoms with Crippen molar-refractivity contribution in [2.45, 2.75) is 25.4 Å². The molecule has 1 unspecified atom stereocenters. The van der Waals surface area contributed by atoms with E-state index in [1.165, 1.54) is 12.1 Å². The second kappa shape index (κ2) is 6.10. The number of nitrogens with zero attached hydrogens (tertiary/aromatic N) is 1. The highest BCUT2D eigenvalue weighted by molar-refractivity contribution is 9.10. The molecule has 0 saturated carbocycles. The molecule has 1 aromatic carbocycles. The van der Waals surface area contributed by atoms with Crippen molar-refractivity contribution in [2.24, 2.45) is 0 Å². The lowest BCUT2D eigenvalue weighted by molar-refractivity contribution is -0.385. The largest absolute Gasteiger partial charge is 0.302 e. The fraction of sp³-hybridized carbons (Fsp3) is 0.333. The van der Waals surface area contributed by atoms with Gasteiger partial charge in [-0.1, -0.05) is 15.9 Å². The summed E-state index contributed by atoms with van der Waals surface area (Å²) in [5, 5.41) is 16.0. The third kappa shape index (κ3) is 3.61. The molecule has 0 aliphatic carbocycles. The third-order valence-corrected chi connectivity index (χ3v) is 3.40. The molecule has 0 bridgehead atoms. The summed E-state index contributed by atoms with van der Waals surface area (Å²) < 4.78 is 0.603. The van der Waals surface area contributed by atoms with Crippen molar-refractivity contribution >= 4 is 33.4 Å². The number of imide groups is 1. The van der Waals surface area contributed by atoms with Crippen molar-refractivity contribution in [3.63, 3.8) is 0 Å². The minimum Gasteiger partial charge on any atom is -0.302 e. The molecule has 7 nitrogen and oxygen atoms in total. The zero-order valence-corrected chi connectivity index (χ0v) is 12.0. The van der Waals surface area contributed by atoms with Gasteiger partial charge in [0.1, 0.15) is 0 Å². The van der Waals surface area contributed by atoms with Gasteiger partial charge in [-0.05, 0) is 18.1 Å². The number of piperidine rings is 1. The van der Waals surface area contributed by atoms with E-state index in [0.29, 0.717) is 29.4 Å². The van der Waals surface area contributed by atoms with Crippen molar-refractivity contribution in [2.75, 3.05) is 0 Å². The van der Waals surface area contributed by atoms with Crippen LogP contribution in [-0.2, 0) is 16.1 Å². The smallest absolute Gasteiger partial charge is 0.270 e. The number of amides is 2. The molecule has 1 atom stereocenters. The van der Waals surface area contributed by atoms with Gasteiger partial charge in [0.2, 0.25) is 11.8 Å². The van der Waals surface area contributed by atoms with E-state index in [9.17, 15) is 19.7 Å². The summed E-state index contributed by atoms with van der Waals surface area (Å²) in [6.45, 7) is 0.312. The van der Waals surface area contributed by atoms with Gasteiger partial charge < -0.3 is 5.32 Å². The number of hydrogen-bond acceptors (Lipinski definition) is 5. The highest BCUT2D eigenvalue weighted by atomic mass is 79.9. The fourth-order valence-corrected chi connectivity index (χ4v) is 2.50.